The van der Waals surface area contributed by atoms with Gasteiger partial charge >= 0.3 is 0 Å². The number of amides is 1. The lowest BCUT2D eigenvalue weighted by Gasteiger charge is -2.18. The zero-order valence-electron chi connectivity index (χ0n) is 13.7. The molecule has 1 amide bonds. The summed E-state index contributed by atoms with van der Waals surface area (Å²) >= 11 is 0. The van der Waals surface area contributed by atoms with Crippen LogP contribution in [0.3, 0.4) is 0 Å². The Hall–Kier alpha value is -1.42. The molecule has 0 heterocycles. The van der Waals surface area contributed by atoms with Gasteiger partial charge in [-0.15, -0.1) is 0 Å². The maximum atomic E-state index is 13.6. The molecule has 0 spiro atoms. The SMILES string of the molecule is CCCC(C)NC(=O)C(C)NCc1cc(C)c(F)c(C)c1. The largest absolute Gasteiger partial charge is 0.352 e. The van der Waals surface area contributed by atoms with Crippen molar-refractivity contribution in [3.8, 4) is 0 Å². The van der Waals surface area contributed by atoms with Crippen LogP contribution in [-0.2, 0) is 11.3 Å². The molecule has 0 aliphatic carbocycles. The van der Waals surface area contributed by atoms with Gasteiger partial charge in [-0.25, -0.2) is 4.39 Å². The second-order valence-corrected chi connectivity index (χ2v) is 5.84. The van der Waals surface area contributed by atoms with Crippen molar-refractivity contribution in [1.82, 2.24) is 10.6 Å². The summed E-state index contributed by atoms with van der Waals surface area (Å²) in [5, 5.41) is 6.17. The normalized spacial score (nSPS) is 13.8. The van der Waals surface area contributed by atoms with Gasteiger partial charge in [0.25, 0.3) is 0 Å². The van der Waals surface area contributed by atoms with Crippen molar-refractivity contribution in [2.75, 3.05) is 0 Å². The summed E-state index contributed by atoms with van der Waals surface area (Å²) in [6.45, 7) is 10.0. The minimum absolute atomic E-state index is 0.00602. The van der Waals surface area contributed by atoms with Crippen LogP contribution in [0.2, 0.25) is 0 Å². The van der Waals surface area contributed by atoms with Crippen LogP contribution >= 0.6 is 0 Å². The molecule has 2 atom stereocenters. The van der Waals surface area contributed by atoms with Crippen LogP contribution < -0.4 is 10.6 Å². The highest BCUT2D eigenvalue weighted by atomic mass is 19.1. The van der Waals surface area contributed by atoms with Crippen LogP contribution in [-0.4, -0.2) is 18.0 Å². The van der Waals surface area contributed by atoms with E-state index in [0.717, 1.165) is 18.4 Å². The number of carbonyl (C=O) groups is 1. The molecular formula is C17H27FN2O. The van der Waals surface area contributed by atoms with E-state index in [4.69, 9.17) is 0 Å². The summed E-state index contributed by atoms with van der Waals surface area (Å²) in [7, 11) is 0. The van der Waals surface area contributed by atoms with E-state index < -0.39 is 0 Å². The zero-order chi connectivity index (χ0) is 16.0. The predicted octanol–water partition coefficient (Wildman–Crippen LogP) is 3.23. The molecule has 118 valence electrons. The first-order chi connectivity index (χ1) is 9.85. The summed E-state index contributed by atoms with van der Waals surface area (Å²) in [6.07, 6.45) is 2.03. The first kappa shape index (κ1) is 17.6. The Morgan fingerprint density at radius 1 is 1.24 bits per heavy atom. The number of rotatable bonds is 7. The van der Waals surface area contributed by atoms with Gasteiger partial charge in [0.05, 0.1) is 6.04 Å². The predicted molar refractivity (Wildman–Crippen MR) is 84.7 cm³/mol. The average Bonchev–Trinajstić information content (AvgIpc) is 2.42. The second kappa shape index (κ2) is 8.13. The summed E-state index contributed by atoms with van der Waals surface area (Å²) in [5.74, 6) is -0.149. The van der Waals surface area contributed by atoms with Gasteiger partial charge in [0.2, 0.25) is 5.91 Å². The Morgan fingerprint density at radius 3 is 2.33 bits per heavy atom. The molecule has 0 saturated carbocycles. The van der Waals surface area contributed by atoms with Gasteiger partial charge in [0.1, 0.15) is 5.82 Å². The lowest BCUT2D eigenvalue weighted by atomic mass is 10.1. The van der Waals surface area contributed by atoms with E-state index in [0.29, 0.717) is 17.7 Å². The number of aryl methyl sites for hydroxylation is 2. The molecule has 4 heteroatoms. The van der Waals surface area contributed by atoms with Gasteiger partial charge in [-0.3, -0.25) is 4.79 Å². The lowest BCUT2D eigenvalue weighted by molar-refractivity contribution is -0.123. The van der Waals surface area contributed by atoms with Crippen molar-refractivity contribution in [2.45, 2.75) is 66.1 Å². The maximum Gasteiger partial charge on any atom is 0.237 e. The van der Waals surface area contributed by atoms with E-state index >= 15 is 0 Å². The van der Waals surface area contributed by atoms with E-state index in [1.54, 1.807) is 13.8 Å². The highest BCUT2D eigenvalue weighted by molar-refractivity contribution is 5.81. The highest BCUT2D eigenvalue weighted by Gasteiger charge is 2.14. The number of hydrogen-bond acceptors (Lipinski definition) is 2. The Bertz CT molecular complexity index is 465. The molecule has 2 unspecified atom stereocenters. The van der Waals surface area contributed by atoms with Crippen LogP contribution in [0.4, 0.5) is 4.39 Å². The van der Waals surface area contributed by atoms with E-state index in [9.17, 15) is 9.18 Å². The van der Waals surface area contributed by atoms with Gasteiger partial charge < -0.3 is 10.6 Å². The molecule has 0 saturated heterocycles. The smallest absolute Gasteiger partial charge is 0.237 e. The molecule has 0 aromatic heterocycles. The van der Waals surface area contributed by atoms with Gasteiger partial charge in [-0.1, -0.05) is 25.5 Å². The fourth-order valence-corrected chi connectivity index (χ4v) is 2.37. The van der Waals surface area contributed by atoms with Crippen LogP contribution in [0.1, 0.15) is 50.3 Å². The number of carbonyl (C=O) groups excluding carboxylic acids is 1. The maximum absolute atomic E-state index is 13.6. The van der Waals surface area contributed by atoms with Crippen LogP contribution in [0.15, 0.2) is 12.1 Å². The second-order valence-electron chi connectivity index (χ2n) is 5.84. The third-order valence-electron chi connectivity index (χ3n) is 3.61. The monoisotopic (exact) mass is 294 g/mol. The Kier molecular flexibility index (Phi) is 6.82. The summed E-state index contributed by atoms with van der Waals surface area (Å²) in [4.78, 5) is 12.0. The van der Waals surface area contributed by atoms with Gasteiger partial charge in [0.15, 0.2) is 0 Å². The highest BCUT2D eigenvalue weighted by Crippen LogP contribution is 2.14. The van der Waals surface area contributed by atoms with Crippen molar-refractivity contribution in [2.24, 2.45) is 0 Å². The minimum atomic E-state index is -0.269. The number of benzene rings is 1. The third kappa shape index (κ3) is 5.46. The van der Waals surface area contributed by atoms with E-state index in [2.05, 4.69) is 17.6 Å². The summed E-state index contributed by atoms with van der Waals surface area (Å²) in [5.41, 5.74) is 2.27. The average molecular weight is 294 g/mol. The molecular weight excluding hydrogens is 267 g/mol. The number of halogens is 1. The standard InChI is InChI=1S/C17H27FN2O/c1-6-7-13(4)20-17(21)14(5)19-10-15-8-11(2)16(18)12(3)9-15/h8-9,13-14,19H,6-7,10H2,1-5H3,(H,20,21). The third-order valence-corrected chi connectivity index (χ3v) is 3.61. The van der Waals surface area contributed by atoms with Gasteiger partial charge in [0, 0.05) is 12.6 Å². The van der Waals surface area contributed by atoms with Crippen molar-refractivity contribution in [3.05, 3.63) is 34.6 Å². The number of nitrogens with one attached hydrogen (secondary N) is 2. The zero-order valence-corrected chi connectivity index (χ0v) is 13.7. The Balaban J connectivity index is 2.53. The van der Waals surface area contributed by atoms with E-state index in [1.807, 2.05) is 26.0 Å². The molecule has 0 fully saturated rings. The van der Waals surface area contributed by atoms with E-state index in [-0.39, 0.29) is 23.8 Å². The molecule has 0 radical (unpaired) electrons. The molecule has 0 bridgehead atoms. The summed E-state index contributed by atoms with van der Waals surface area (Å²) < 4.78 is 13.6. The van der Waals surface area contributed by atoms with Gasteiger partial charge in [-0.05, 0) is 50.8 Å². The molecule has 3 nitrogen and oxygen atoms in total. The fourth-order valence-electron chi connectivity index (χ4n) is 2.37. The fraction of sp³-hybridized carbons (Fsp3) is 0.588. The molecule has 0 aliphatic heterocycles. The topological polar surface area (TPSA) is 41.1 Å². The molecule has 21 heavy (non-hydrogen) atoms. The minimum Gasteiger partial charge on any atom is -0.352 e. The van der Waals surface area contributed by atoms with Crippen LogP contribution in [0, 0.1) is 19.7 Å². The van der Waals surface area contributed by atoms with Crippen molar-refractivity contribution in [3.63, 3.8) is 0 Å². The Labute approximate surface area is 127 Å². The van der Waals surface area contributed by atoms with Crippen molar-refractivity contribution in [1.29, 1.82) is 0 Å². The van der Waals surface area contributed by atoms with Crippen LogP contribution in [0.25, 0.3) is 0 Å². The molecule has 1 aromatic rings. The van der Waals surface area contributed by atoms with Gasteiger partial charge in [-0.2, -0.15) is 0 Å². The van der Waals surface area contributed by atoms with Crippen LogP contribution in [0.5, 0.6) is 0 Å². The first-order valence-electron chi connectivity index (χ1n) is 7.64. The van der Waals surface area contributed by atoms with E-state index in [1.165, 1.54) is 0 Å². The molecule has 1 rings (SSSR count). The summed E-state index contributed by atoms with van der Waals surface area (Å²) in [6, 6.07) is 3.57. The molecule has 1 aromatic carbocycles. The number of hydrogen-bond donors (Lipinski definition) is 2. The Morgan fingerprint density at radius 2 is 1.81 bits per heavy atom. The first-order valence-corrected chi connectivity index (χ1v) is 7.64. The molecule has 0 aliphatic rings. The lowest BCUT2D eigenvalue weighted by Crippen LogP contribution is -2.45. The quantitative estimate of drug-likeness (QED) is 0.810. The van der Waals surface area contributed by atoms with Crippen molar-refractivity contribution >= 4 is 5.91 Å². The van der Waals surface area contributed by atoms with Crippen molar-refractivity contribution < 1.29 is 9.18 Å². The molecule has 2 N–H and O–H groups in total.